The summed E-state index contributed by atoms with van der Waals surface area (Å²) < 4.78 is 19.2. The Kier molecular flexibility index (Phi) is 5.10. The molecule has 0 bridgehead atoms. The first-order valence-corrected chi connectivity index (χ1v) is 7.20. The topological polar surface area (TPSA) is 38.3 Å². The third-order valence-electron chi connectivity index (χ3n) is 2.52. The second-order valence-electron chi connectivity index (χ2n) is 5.49. The van der Waals surface area contributed by atoms with Crippen LogP contribution < -0.4 is 5.32 Å². The Morgan fingerprint density at radius 2 is 2.24 bits per heavy atom. The van der Waals surface area contributed by atoms with Gasteiger partial charge >= 0.3 is 6.09 Å². The summed E-state index contributed by atoms with van der Waals surface area (Å²) in [6.45, 7) is 5.76. The molecule has 100 valence electrons. The molecule has 0 aromatic carbocycles. The van der Waals surface area contributed by atoms with Crippen molar-refractivity contribution in [2.75, 3.05) is 18.1 Å². The van der Waals surface area contributed by atoms with Crippen LogP contribution in [0.3, 0.4) is 0 Å². The van der Waals surface area contributed by atoms with Crippen LogP contribution in [0.2, 0.25) is 0 Å². The van der Waals surface area contributed by atoms with Gasteiger partial charge in [-0.1, -0.05) is 0 Å². The van der Waals surface area contributed by atoms with Crippen molar-refractivity contribution in [3.63, 3.8) is 0 Å². The van der Waals surface area contributed by atoms with E-state index in [1.54, 1.807) is 32.5 Å². The molecule has 3 nitrogen and oxygen atoms in total. The summed E-state index contributed by atoms with van der Waals surface area (Å²) in [5, 5.41) is 2.60. The highest BCUT2D eigenvalue weighted by atomic mass is 32.2. The molecular formula is C12H22FNO2S. The smallest absolute Gasteiger partial charge is 0.407 e. The molecule has 1 atom stereocenters. The molecule has 1 fully saturated rings. The van der Waals surface area contributed by atoms with Crippen LogP contribution in [0.25, 0.3) is 0 Å². The second kappa shape index (κ2) is 5.94. The van der Waals surface area contributed by atoms with E-state index in [9.17, 15) is 9.18 Å². The molecule has 0 aromatic rings. The molecular weight excluding hydrogens is 241 g/mol. The minimum Gasteiger partial charge on any atom is -0.444 e. The number of hydrogen-bond donors (Lipinski definition) is 1. The SMILES string of the molecule is CC(C)(C)OC(=O)NCCC1(F)CCCSC1. The van der Waals surface area contributed by atoms with Gasteiger partial charge in [0.25, 0.3) is 0 Å². The van der Waals surface area contributed by atoms with E-state index in [1.807, 2.05) is 0 Å². The van der Waals surface area contributed by atoms with E-state index >= 15 is 0 Å². The van der Waals surface area contributed by atoms with Crippen molar-refractivity contribution in [2.45, 2.75) is 51.3 Å². The Bertz CT molecular complexity index is 260. The summed E-state index contributed by atoms with van der Waals surface area (Å²) in [6, 6.07) is 0. The molecule has 1 saturated heterocycles. The second-order valence-corrected chi connectivity index (χ2v) is 6.59. The average molecular weight is 263 g/mol. The van der Waals surface area contributed by atoms with E-state index in [4.69, 9.17) is 4.74 Å². The van der Waals surface area contributed by atoms with Gasteiger partial charge in [-0.3, -0.25) is 0 Å². The van der Waals surface area contributed by atoms with Crippen LogP contribution in [0.1, 0.15) is 40.0 Å². The molecule has 0 aromatic heterocycles. The third-order valence-corrected chi connectivity index (χ3v) is 3.81. The summed E-state index contributed by atoms with van der Waals surface area (Å²) in [5.41, 5.74) is -1.61. The molecule has 1 rings (SSSR count). The monoisotopic (exact) mass is 263 g/mol. The van der Waals surface area contributed by atoms with Crippen LogP contribution >= 0.6 is 11.8 Å². The van der Waals surface area contributed by atoms with Crippen LogP contribution in [0.4, 0.5) is 9.18 Å². The summed E-state index contributed by atoms with van der Waals surface area (Å²) in [6.07, 6.45) is 1.44. The largest absolute Gasteiger partial charge is 0.444 e. The van der Waals surface area contributed by atoms with Crippen LogP contribution in [0.5, 0.6) is 0 Å². The quantitative estimate of drug-likeness (QED) is 0.850. The number of alkyl carbamates (subject to hydrolysis) is 1. The van der Waals surface area contributed by atoms with Crippen molar-refractivity contribution in [1.29, 1.82) is 0 Å². The van der Waals surface area contributed by atoms with Crippen molar-refractivity contribution in [3.05, 3.63) is 0 Å². The van der Waals surface area contributed by atoms with E-state index in [0.29, 0.717) is 25.1 Å². The van der Waals surface area contributed by atoms with Crippen molar-refractivity contribution in [2.24, 2.45) is 0 Å². The van der Waals surface area contributed by atoms with Gasteiger partial charge < -0.3 is 10.1 Å². The van der Waals surface area contributed by atoms with Crippen molar-refractivity contribution >= 4 is 17.9 Å². The van der Waals surface area contributed by atoms with Gasteiger partial charge in [0.05, 0.1) is 0 Å². The minimum atomic E-state index is -1.11. The van der Waals surface area contributed by atoms with Crippen LogP contribution in [0, 0.1) is 0 Å². The average Bonchev–Trinajstić information content (AvgIpc) is 2.15. The fraction of sp³-hybridized carbons (Fsp3) is 0.917. The van der Waals surface area contributed by atoms with Gasteiger partial charge in [0.1, 0.15) is 11.3 Å². The molecule has 1 aliphatic rings. The minimum absolute atomic E-state index is 0.339. The van der Waals surface area contributed by atoms with Gasteiger partial charge in [0.15, 0.2) is 0 Å². The Morgan fingerprint density at radius 3 is 2.76 bits per heavy atom. The number of carbonyl (C=O) groups is 1. The zero-order chi connectivity index (χ0) is 12.9. The van der Waals surface area contributed by atoms with Crippen molar-refractivity contribution in [3.8, 4) is 0 Å². The molecule has 0 saturated carbocycles. The predicted octanol–water partition coefficient (Wildman–Crippen LogP) is 3.14. The van der Waals surface area contributed by atoms with Gasteiger partial charge in [-0.25, -0.2) is 9.18 Å². The molecule has 0 radical (unpaired) electrons. The normalized spacial score (nSPS) is 25.4. The van der Waals surface area contributed by atoms with E-state index in [-0.39, 0.29) is 0 Å². The molecule has 1 amide bonds. The highest BCUT2D eigenvalue weighted by molar-refractivity contribution is 7.99. The number of thioether (sulfide) groups is 1. The number of hydrogen-bond acceptors (Lipinski definition) is 3. The number of carbonyl (C=O) groups excluding carboxylic acids is 1. The van der Waals surface area contributed by atoms with Crippen molar-refractivity contribution in [1.82, 2.24) is 5.32 Å². The number of halogens is 1. The number of rotatable bonds is 3. The maximum atomic E-state index is 14.1. The van der Waals surface area contributed by atoms with E-state index in [1.165, 1.54) is 0 Å². The maximum Gasteiger partial charge on any atom is 0.407 e. The zero-order valence-electron chi connectivity index (χ0n) is 10.8. The van der Waals surface area contributed by atoms with Gasteiger partial charge in [-0.2, -0.15) is 11.8 Å². The molecule has 5 heteroatoms. The molecule has 1 N–H and O–H groups in total. The van der Waals surface area contributed by atoms with E-state index in [0.717, 1.165) is 12.2 Å². The Morgan fingerprint density at radius 1 is 1.53 bits per heavy atom. The van der Waals surface area contributed by atoms with Gasteiger partial charge in [-0.05, 0) is 45.8 Å². The highest BCUT2D eigenvalue weighted by Crippen LogP contribution is 2.32. The first kappa shape index (κ1) is 14.6. The summed E-state index contributed by atoms with van der Waals surface area (Å²) in [5.74, 6) is 1.59. The Hall–Kier alpha value is -0.450. The first-order chi connectivity index (χ1) is 7.81. The molecule has 1 unspecified atom stereocenters. The number of alkyl halides is 1. The first-order valence-electron chi connectivity index (χ1n) is 6.04. The zero-order valence-corrected chi connectivity index (χ0v) is 11.7. The maximum absolute atomic E-state index is 14.1. The fourth-order valence-electron chi connectivity index (χ4n) is 1.72. The number of amides is 1. The van der Waals surface area contributed by atoms with E-state index in [2.05, 4.69) is 5.32 Å². The molecule has 0 aliphatic carbocycles. The molecule has 1 heterocycles. The Labute approximate surface area is 107 Å². The highest BCUT2D eigenvalue weighted by Gasteiger charge is 2.31. The third kappa shape index (κ3) is 6.15. The predicted molar refractivity (Wildman–Crippen MR) is 69.3 cm³/mol. The van der Waals surface area contributed by atoms with Crippen LogP contribution in [-0.4, -0.2) is 35.4 Å². The summed E-state index contributed by atoms with van der Waals surface area (Å²) in [4.78, 5) is 11.3. The van der Waals surface area contributed by atoms with Gasteiger partial charge in [-0.15, -0.1) is 0 Å². The van der Waals surface area contributed by atoms with Crippen LogP contribution in [-0.2, 0) is 4.74 Å². The number of nitrogens with one attached hydrogen (secondary N) is 1. The van der Waals surface area contributed by atoms with Crippen LogP contribution in [0.15, 0.2) is 0 Å². The molecule has 0 spiro atoms. The lowest BCUT2D eigenvalue weighted by Crippen LogP contribution is -2.38. The van der Waals surface area contributed by atoms with Gasteiger partial charge in [0, 0.05) is 12.3 Å². The fourth-order valence-corrected chi connectivity index (χ4v) is 2.87. The molecule has 17 heavy (non-hydrogen) atoms. The van der Waals surface area contributed by atoms with Gasteiger partial charge in [0.2, 0.25) is 0 Å². The lowest BCUT2D eigenvalue weighted by Gasteiger charge is -2.29. The van der Waals surface area contributed by atoms with E-state index < -0.39 is 17.4 Å². The lowest BCUT2D eigenvalue weighted by molar-refractivity contribution is 0.0515. The number of ether oxygens (including phenoxy) is 1. The lowest BCUT2D eigenvalue weighted by atomic mass is 9.98. The summed E-state index contributed by atoms with van der Waals surface area (Å²) in [7, 11) is 0. The van der Waals surface area contributed by atoms with Crippen molar-refractivity contribution < 1.29 is 13.9 Å². The standard InChI is InChI=1S/C12H22FNO2S/c1-11(2,3)16-10(15)14-7-6-12(13)5-4-8-17-9-12/h4-9H2,1-3H3,(H,14,15). The Balaban J connectivity index is 2.20. The summed E-state index contributed by atoms with van der Waals surface area (Å²) >= 11 is 1.65. The molecule has 1 aliphatic heterocycles.